The molecule has 1 atom stereocenters. The van der Waals surface area contributed by atoms with Gasteiger partial charge in [-0.3, -0.25) is 4.79 Å². The normalized spacial score (nSPS) is 16.0. The van der Waals surface area contributed by atoms with Crippen molar-refractivity contribution in [1.29, 1.82) is 0 Å². The average Bonchev–Trinajstić information content (AvgIpc) is 3.30. The quantitative estimate of drug-likeness (QED) is 0.557. The summed E-state index contributed by atoms with van der Waals surface area (Å²) >= 11 is 1.77. The number of carbonyl (C=O) groups excluding carboxylic acids is 1. The molecule has 3 aromatic rings. The highest BCUT2D eigenvalue weighted by atomic mass is 32.2. The summed E-state index contributed by atoms with van der Waals surface area (Å²) in [4.78, 5) is 15.9. The third-order valence-electron chi connectivity index (χ3n) is 5.35. The second-order valence-corrected chi connectivity index (χ2v) is 8.34. The molecule has 0 spiro atoms. The summed E-state index contributed by atoms with van der Waals surface area (Å²) in [5, 5.41) is -0.0728. The highest BCUT2D eigenvalue weighted by molar-refractivity contribution is 7.99. The Kier molecular flexibility index (Phi) is 6.29. The number of thioether (sulfide) groups is 1. The van der Waals surface area contributed by atoms with E-state index in [0.717, 1.165) is 33.9 Å². The summed E-state index contributed by atoms with van der Waals surface area (Å²) in [6, 6.07) is 25.9. The second kappa shape index (κ2) is 9.26. The Bertz CT molecular complexity index is 932. The zero-order valence-electron chi connectivity index (χ0n) is 17.2. The van der Waals surface area contributed by atoms with Crippen LogP contribution in [0.25, 0.3) is 0 Å². The number of rotatable bonds is 6. The number of amides is 1. The van der Waals surface area contributed by atoms with Gasteiger partial charge in [0.25, 0.3) is 0 Å². The van der Waals surface area contributed by atoms with Crippen LogP contribution in [0.3, 0.4) is 0 Å². The molecule has 1 saturated heterocycles. The van der Waals surface area contributed by atoms with Crippen molar-refractivity contribution >= 4 is 17.7 Å². The maximum atomic E-state index is 13.9. The summed E-state index contributed by atoms with van der Waals surface area (Å²) in [5.74, 6) is 2.14. The first-order chi connectivity index (χ1) is 14.7. The zero-order chi connectivity index (χ0) is 20.9. The summed E-state index contributed by atoms with van der Waals surface area (Å²) < 4.78 is 10.9. The molecule has 30 heavy (non-hydrogen) atoms. The predicted molar refractivity (Wildman–Crippen MR) is 121 cm³/mol. The van der Waals surface area contributed by atoms with Gasteiger partial charge in [-0.1, -0.05) is 60.7 Å². The number of hydrogen-bond donors (Lipinski definition) is 0. The standard InChI is InChI=1S/C25H25NO3S/c1-28-21-15-20(16-22(17-21)29-2)25-26(13-14-30-25)24(27)23(18-9-5-3-6-10-18)19-11-7-4-8-12-19/h3-12,15-17,23,25H,13-14H2,1-2H3/t25-/m1/s1. The van der Waals surface area contributed by atoms with Gasteiger partial charge in [-0.25, -0.2) is 0 Å². The van der Waals surface area contributed by atoms with E-state index in [1.807, 2.05) is 83.8 Å². The van der Waals surface area contributed by atoms with Gasteiger partial charge in [-0.2, -0.15) is 0 Å². The van der Waals surface area contributed by atoms with Crippen LogP contribution in [-0.2, 0) is 4.79 Å². The zero-order valence-corrected chi connectivity index (χ0v) is 18.0. The molecular weight excluding hydrogens is 394 g/mol. The van der Waals surface area contributed by atoms with Crippen LogP contribution in [0.4, 0.5) is 0 Å². The lowest BCUT2D eigenvalue weighted by Gasteiger charge is -2.29. The molecule has 0 aromatic heterocycles. The lowest BCUT2D eigenvalue weighted by molar-refractivity contribution is -0.132. The highest BCUT2D eigenvalue weighted by Gasteiger charge is 2.36. The van der Waals surface area contributed by atoms with Gasteiger partial charge in [0.2, 0.25) is 5.91 Å². The largest absolute Gasteiger partial charge is 0.497 e. The predicted octanol–water partition coefficient (Wildman–Crippen LogP) is 5.11. The minimum absolute atomic E-state index is 0.0728. The number of benzene rings is 3. The molecule has 0 aliphatic carbocycles. The van der Waals surface area contributed by atoms with Crippen molar-refractivity contribution in [3.63, 3.8) is 0 Å². The van der Waals surface area contributed by atoms with E-state index in [-0.39, 0.29) is 17.2 Å². The topological polar surface area (TPSA) is 38.8 Å². The number of methoxy groups -OCH3 is 2. The Balaban J connectivity index is 1.71. The molecule has 4 rings (SSSR count). The Morgan fingerprint density at radius 1 is 0.900 bits per heavy atom. The fourth-order valence-corrected chi connectivity index (χ4v) is 5.12. The summed E-state index contributed by atoms with van der Waals surface area (Å²) in [6.45, 7) is 0.712. The molecule has 1 amide bonds. The van der Waals surface area contributed by atoms with E-state index in [2.05, 4.69) is 0 Å². The highest BCUT2D eigenvalue weighted by Crippen LogP contribution is 2.43. The van der Waals surface area contributed by atoms with E-state index < -0.39 is 0 Å². The van der Waals surface area contributed by atoms with E-state index in [1.54, 1.807) is 26.0 Å². The van der Waals surface area contributed by atoms with E-state index in [1.165, 1.54) is 0 Å². The molecule has 5 heteroatoms. The van der Waals surface area contributed by atoms with Gasteiger partial charge >= 0.3 is 0 Å². The fraction of sp³-hybridized carbons (Fsp3) is 0.240. The SMILES string of the molecule is COc1cc(OC)cc([C@H]2SCCN2C(=O)C(c2ccccc2)c2ccccc2)c1. The van der Waals surface area contributed by atoms with Crippen molar-refractivity contribution in [2.24, 2.45) is 0 Å². The van der Waals surface area contributed by atoms with Crippen LogP contribution in [0.2, 0.25) is 0 Å². The van der Waals surface area contributed by atoms with Crippen LogP contribution in [0.5, 0.6) is 11.5 Å². The molecule has 1 heterocycles. The van der Waals surface area contributed by atoms with Gasteiger partial charge in [0.05, 0.1) is 20.1 Å². The molecule has 0 bridgehead atoms. The summed E-state index contributed by atoms with van der Waals surface area (Å²) in [5.41, 5.74) is 3.03. The Labute approximate surface area is 181 Å². The van der Waals surface area contributed by atoms with Crippen LogP contribution < -0.4 is 9.47 Å². The van der Waals surface area contributed by atoms with Crippen molar-refractivity contribution in [3.05, 3.63) is 95.6 Å². The van der Waals surface area contributed by atoms with Crippen LogP contribution in [0.1, 0.15) is 28.0 Å². The third-order valence-corrected chi connectivity index (χ3v) is 6.61. The lowest BCUT2D eigenvalue weighted by Crippen LogP contribution is -2.35. The smallest absolute Gasteiger partial charge is 0.235 e. The number of carbonyl (C=O) groups is 1. The lowest BCUT2D eigenvalue weighted by atomic mass is 9.90. The van der Waals surface area contributed by atoms with Gasteiger partial charge in [0.15, 0.2) is 0 Å². The van der Waals surface area contributed by atoms with Gasteiger partial charge < -0.3 is 14.4 Å². The van der Waals surface area contributed by atoms with Crippen LogP contribution >= 0.6 is 11.8 Å². The molecular formula is C25H25NO3S. The van der Waals surface area contributed by atoms with Crippen molar-refractivity contribution in [3.8, 4) is 11.5 Å². The van der Waals surface area contributed by atoms with Crippen LogP contribution in [-0.4, -0.2) is 37.3 Å². The van der Waals surface area contributed by atoms with Crippen molar-refractivity contribution < 1.29 is 14.3 Å². The monoisotopic (exact) mass is 419 g/mol. The molecule has 0 saturated carbocycles. The third kappa shape index (κ3) is 4.17. The van der Waals surface area contributed by atoms with Gasteiger partial charge in [-0.05, 0) is 28.8 Å². The average molecular weight is 420 g/mol. The van der Waals surface area contributed by atoms with E-state index >= 15 is 0 Å². The molecule has 4 nitrogen and oxygen atoms in total. The molecule has 154 valence electrons. The molecule has 0 unspecified atom stereocenters. The van der Waals surface area contributed by atoms with E-state index in [9.17, 15) is 4.79 Å². The minimum Gasteiger partial charge on any atom is -0.497 e. The first-order valence-corrected chi connectivity index (χ1v) is 11.0. The Morgan fingerprint density at radius 2 is 1.43 bits per heavy atom. The fourth-order valence-electron chi connectivity index (χ4n) is 3.88. The van der Waals surface area contributed by atoms with Gasteiger partial charge in [0.1, 0.15) is 16.9 Å². The van der Waals surface area contributed by atoms with Gasteiger partial charge in [-0.15, -0.1) is 11.8 Å². The van der Waals surface area contributed by atoms with Gasteiger partial charge in [0, 0.05) is 18.4 Å². The first kappa shape index (κ1) is 20.4. The van der Waals surface area contributed by atoms with Crippen molar-refractivity contribution in [2.75, 3.05) is 26.5 Å². The number of hydrogen-bond acceptors (Lipinski definition) is 4. The minimum atomic E-state index is -0.332. The van der Waals surface area contributed by atoms with Crippen LogP contribution in [0, 0.1) is 0 Å². The molecule has 3 aromatic carbocycles. The Morgan fingerprint density at radius 3 is 1.93 bits per heavy atom. The maximum Gasteiger partial charge on any atom is 0.235 e. The Hall–Kier alpha value is -2.92. The van der Waals surface area contributed by atoms with E-state index in [0.29, 0.717) is 6.54 Å². The van der Waals surface area contributed by atoms with Crippen molar-refractivity contribution in [1.82, 2.24) is 4.90 Å². The maximum absolute atomic E-state index is 13.9. The first-order valence-electron chi connectivity index (χ1n) is 9.96. The van der Waals surface area contributed by atoms with Crippen LogP contribution in [0.15, 0.2) is 78.9 Å². The van der Waals surface area contributed by atoms with Crippen molar-refractivity contribution in [2.45, 2.75) is 11.3 Å². The number of nitrogens with zero attached hydrogens (tertiary/aromatic N) is 1. The summed E-state index contributed by atoms with van der Waals surface area (Å²) in [6.07, 6.45) is 0. The molecule has 1 aliphatic rings. The molecule has 0 radical (unpaired) electrons. The molecule has 1 fully saturated rings. The molecule has 1 aliphatic heterocycles. The summed E-state index contributed by atoms with van der Waals surface area (Å²) in [7, 11) is 3.29. The van der Waals surface area contributed by atoms with E-state index in [4.69, 9.17) is 9.47 Å². The second-order valence-electron chi connectivity index (χ2n) is 7.16. The number of ether oxygens (including phenoxy) is 2. The molecule has 0 N–H and O–H groups in total.